The Kier molecular flexibility index (Phi) is 6.23. The molecular formula is C19H23ClN4O. The van der Waals surface area contributed by atoms with Gasteiger partial charge in [0.2, 0.25) is 5.95 Å². The number of halogens is 1. The number of nitrogens with one attached hydrogen (secondary N) is 2. The quantitative estimate of drug-likeness (QED) is 0.786. The molecule has 1 aromatic heterocycles. The molecule has 5 nitrogen and oxygen atoms in total. The van der Waals surface area contributed by atoms with Crippen LogP contribution in [0.2, 0.25) is 5.02 Å². The van der Waals surface area contributed by atoms with E-state index in [1.54, 1.807) is 12.3 Å². The van der Waals surface area contributed by atoms with E-state index in [0.717, 1.165) is 18.4 Å². The van der Waals surface area contributed by atoms with Crippen LogP contribution in [-0.4, -0.2) is 21.9 Å². The molecule has 1 aliphatic carbocycles. The highest BCUT2D eigenvalue weighted by atomic mass is 35.5. The number of anilines is 1. The van der Waals surface area contributed by atoms with Crippen molar-refractivity contribution in [2.45, 2.75) is 51.1 Å². The third kappa shape index (κ3) is 5.43. The Hall–Kier alpha value is -2.14. The van der Waals surface area contributed by atoms with Crippen LogP contribution < -0.4 is 10.6 Å². The van der Waals surface area contributed by atoms with Gasteiger partial charge >= 0.3 is 0 Å². The Labute approximate surface area is 153 Å². The van der Waals surface area contributed by atoms with Crippen LogP contribution in [-0.2, 0) is 6.54 Å². The molecule has 0 spiro atoms. The van der Waals surface area contributed by atoms with Gasteiger partial charge in [-0.2, -0.15) is 0 Å². The molecule has 1 fully saturated rings. The van der Waals surface area contributed by atoms with Gasteiger partial charge in [-0.15, -0.1) is 0 Å². The Balaban J connectivity index is 1.58. The van der Waals surface area contributed by atoms with Crippen molar-refractivity contribution in [2.75, 3.05) is 5.32 Å². The van der Waals surface area contributed by atoms with Crippen molar-refractivity contribution >= 4 is 23.5 Å². The molecule has 2 N–H and O–H groups in total. The molecule has 0 atom stereocenters. The summed E-state index contributed by atoms with van der Waals surface area (Å²) in [5.74, 6) is 0.326. The molecule has 25 heavy (non-hydrogen) atoms. The monoisotopic (exact) mass is 358 g/mol. The number of rotatable bonds is 5. The number of carbonyl (C=O) groups is 1. The Morgan fingerprint density at radius 2 is 1.80 bits per heavy atom. The van der Waals surface area contributed by atoms with Gasteiger partial charge in [-0.3, -0.25) is 4.79 Å². The third-order valence-corrected chi connectivity index (χ3v) is 4.69. The van der Waals surface area contributed by atoms with Gasteiger partial charge in [-0.25, -0.2) is 9.97 Å². The van der Waals surface area contributed by atoms with E-state index in [2.05, 4.69) is 20.6 Å². The molecule has 1 heterocycles. The predicted octanol–water partition coefficient (Wildman–Crippen LogP) is 4.19. The van der Waals surface area contributed by atoms with Gasteiger partial charge in [0.05, 0.1) is 0 Å². The average molecular weight is 359 g/mol. The summed E-state index contributed by atoms with van der Waals surface area (Å²) in [6, 6.07) is 9.43. The van der Waals surface area contributed by atoms with Crippen molar-refractivity contribution in [3.05, 3.63) is 52.8 Å². The van der Waals surface area contributed by atoms with Crippen molar-refractivity contribution in [3.8, 4) is 0 Å². The first-order chi connectivity index (χ1) is 12.2. The number of amides is 1. The van der Waals surface area contributed by atoms with Crippen molar-refractivity contribution in [3.63, 3.8) is 0 Å². The molecule has 0 saturated heterocycles. The summed E-state index contributed by atoms with van der Waals surface area (Å²) in [7, 11) is 0. The molecule has 132 valence electrons. The molecule has 0 unspecified atom stereocenters. The van der Waals surface area contributed by atoms with Gasteiger partial charge in [-0.1, -0.05) is 49.4 Å². The number of aromatic nitrogens is 2. The van der Waals surface area contributed by atoms with Crippen LogP contribution in [0.1, 0.15) is 54.6 Å². The normalized spacial score (nSPS) is 15.4. The molecule has 3 rings (SSSR count). The van der Waals surface area contributed by atoms with Crippen molar-refractivity contribution < 1.29 is 4.79 Å². The first kappa shape index (κ1) is 17.7. The summed E-state index contributed by atoms with van der Waals surface area (Å²) in [4.78, 5) is 21.0. The van der Waals surface area contributed by atoms with Gasteiger partial charge in [-0.05, 0) is 36.6 Å². The van der Waals surface area contributed by atoms with E-state index in [4.69, 9.17) is 11.6 Å². The SMILES string of the molecule is O=C(NCc1ccc(Cl)cc1)c1ccnc(NC2CCCCCC2)n1. The number of carbonyl (C=O) groups excluding carboxylic acids is 1. The van der Waals surface area contributed by atoms with E-state index >= 15 is 0 Å². The zero-order chi connectivity index (χ0) is 17.5. The molecule has 0 aliphatic heterocycles. The molecule has 1 aromatic carbocycles. The van der Waals surface area contributed by atoms with E-state index in [1.165, 1.54) is 25.7 Å². The van der Waals surface area contributed by atoms with E-state index in [0.29, 0.717) is 29.3 Å². The zero-order valence-corrected chi connectivity index (χ0v) is 14.9. The second-order valence-corrected chi connectivity index (χ2v) is 6.84. The summed E-state index contributed by atoms with van der Waals surface area (Å²) < 4.78 is 0. The highest BCUT2D eigenvalue weighted by Crippen LogP contribution is 2.19. The second-order valence-electron chi connectivity index (χ2n) is 6.41. The maximum atomic E-state index is 12.3. The van der Waals surface area contributed by atoms with Gasteiger partial charge in [0, 0.05) is 23.8 Å². The van der Waals surface area contributed by atoms with Crippen LogP contribution >= 0.6 is 11.6 Å². The number of benzene rings is 1. The van der Waals surface area contributed by atoms with Crippen LogP contribution in [0.3, 0.4) is 0 Å². The average Bonchev–Trinajstić information content (AvgIpc) is 2.90. The summed E-state index contributed by atoms with van der Waals surface area (Å²) in [5, 5.41) is 6.94. The highest BCUT2D eigenvalue weighted by molar-refractivity contribution is 6.30. The lowest BCUT2D eigenvalue weighted by atomic mass is 10.1. The first-order valence-corrected chi connectivity index (χ1v) is 9.21. The van der Waals surface area contributed by atoms with Crippen LogP contribution in [0, 0.1) is 0 Å². The summed E-state index contributed by atoms with van der Waals surface area (Å²) in [5.41, 5.74) is 1.36. The van der Waals surface area contributed by atoms with Crippen LogP contribution in [0.5, 0.6) is 0 Å². The molecule has 1 aliphatic rings. The molecule has 0 radical (unpaired) electrons. The lowest BCUT2D eigenvalue weighted by molar-refractivity contribution is 0.0946. The minimum atomic E-state index is -0.207. The van der Waals surface area contributed by atoms with Crippen molar-refractivity contribution in [1.29, 1.82) is 0 Å². The Bertz CT molecular complexity index is 697. The lowest BCUT2D eigenvalue weighted by Gasteiger charge is -2.16. The zero-order valence-electron chi connectivity index (χ0n) is 14.2. The topological polar surface area (TPSA) is 66.9 Å². The fourth-order valence-corrected chi connectivity index (χ4v) is 3.16. The van der Waals surface area contributed by atoms with E-state index in [-0.39, 0.29) is 5.91 Å². The van der Waals surface area contributed by atoms with Crippen LogP contribution in [0.4, 0.5) is 5.95 Å². The number of hydrogen-bond donors (Lipinski definition) is 2. The van der Waals surface area contributed by atoms with E-state index in [1.807, 2.05) is 24.3 Å². The lowest BCUT2D eigenvalue weighted by Crippen LogP contribution is -2.25. The van der Waals surface area contributed by atoms with Gasteiger partial charge in [0.15, 0.2) is 0 Å². The van der Waals surface area contributed by atoms with Crippen LogP contribution in [0.15, 0.2) is 36.5 Å². The summed E-state index contributed by atoms with van der Waals surface area (Å²) in [6.45, 7) is 0.436. The molecular weight excluding hydrogens is 336 g/mol. The van der Waals surface area contributed by atoms with E-state index < -0.39 is 0 Å². The highest BCUT2D eigenvalue weighted by Gasteiger charge is 2.14. The van der Waals surface area contributed by atoms with Gasteiger partial charge < -0.3 is 10.6 Å². The van der Waals surface area contributed by atoms with Gasteiger partial charge in [0.25, 0.3) is 5.91 Å². The molecule has 2 aromatic rings. The predicted molar refractivity (Wildman–Crippen MR) is 99.8 cm³/mol. The van der Waals surface area contributed by atoms with Gasteiger partial charge in [0.1, 0.15) is 5.69 Å². The third-order valence-electron chi connectivity index (χ3n) is 4.44. The fourth-order valence-electron chi connectivity index (χ4n) is 3.04. The number of hydrogen-bond acceptors (Lipinski definition) is 4. The van der Waals surface area contributed by atoms with Crippen molar-refractivity contribution in [2.24, 2.45) is 0 Å². The molecule has 6 heteroatoms. The second kappa shape index (κ2) is 8.81. The molecule has 1 amide bonds. The largest absolute Gasteiger partial charge is 0.351 e. The summed E-state index contributed by atoms with van der Waals surface area (Å²) in [6.07, 6.45) is 8.96. The fraction of sp³-hybridized carbons (Fsp3) is 0.421. The van der Waals surface area contributed by atoms with Crippen LogP contribution in [0.25, 0.3) is 0 Å². The maximum absolute atomic E-state index is 12.3. The standard InChI is InChI=1S/C19H23ClN4O/c20-15-9-7-14(8-10-15)13-22-18(25)17-11-12-21-19(24-17)23-16-5-3-1-2-4-6-16/h7-12,16H,1-6,13H2,(H,22,25)(H,21,23,24). The Morgan fingerprint density at radius 1 is 1.08 bits per heavy atom. The summed E-state index contributed by atoms with van der Waals surface area (Å²) >= 11 is 5.87. The minimum Gasteiger partial charge on any atom is -0.351 e. The smallest absolute Gasteiger partial charge is 0.270 e. The van der Waals surface area contributed by atoms with Crippen molar-refractivity contribution in [1.82, 2.24) is 15.3 Å². The number of nitrogens with zero attached hydrogens (tertiary/aromatic N) is 2. The molecule has 1 saturated carbocycles. The molecule has 0 bridgehead atoms. The maximum Gasteiger partial charge on any atom is 0.270 e. The first-order valence-electron chi connectivity index (χ1n) is 8.83. The Morgan fingerprint density at radius 3 is 2.52 bits per heavy atom. The van der Waals surface area contributed by atoms with E-state index in [9.17, 15) is 4.79 Å². The minimum absolute atomic E-state index is 0.207.